The first-order valence-electron chi connectivity index (χ1n) is 15.2. The van der Waals surface area contributed by atoms with Crippen molar-refractivity contribution in [2.75, 3.05) is 0 Å². The predicted octanol–water partition coefficient (Wildman–Crippen LogP) is 10.1. The van der Waals surface area contributed by atoms with Crippen molar-refractivity contribution >= 4 is 55.7 Å². The van der Waals surface area contributed by atoms with Gasteiger partial charge in [-0.05, 0) is 108 Å². The molecule has 0 saturated carbocycles. The molecule has 0 spiro atoms. The summed E-state index contributed by atoms with van der Waals surface area (Å²) >= 11 is 1.78. The number of hydrogen-bond donors (Lipinski definition) is 2. The molecule has 0 fully saturated rings. The van der Waals surface area contributed by atoms with E-state index in [-0.39, 0.29) is 0 Å². The van der Waals surface area contributed by atoms with Crippen molar-refractivity contribution in [2.24, 2.45) is 0 Å². The standard InChI is InChI=1S/C34H44N4S/c1-9-19-23(13-5)31-32-24(14-6)20(10-2)28(36-32)18-30-22(12-4)26(16-8)34(38-30)39-33-25(15-7)21(11-3)29(37-33)17-27(19)35-31/h17-18,35-36H,9-16H2,1-8H3. The van der Waals surface area contributed by atoms with E-state index in [0.29, 0.717) is 0 Å². The van der Waals surface area contributed by atoms with Crippen molar-refractivity contribution in [3.63, 3.8) is 0 Å². The second kappa shape index (κ2) is 11.3. The fourth-order valence-electron chi connectivity index (χ4n) is 6.81. The fourth-order valence-corrected chi connectivity index (χ4v) is 8.06. The first-order valence-corrected chi connectivity index (χ1v) is 16.0. The molecule has 5 heteroatoms. The van der Waals surface area contributed by atoms with Gasteiger partial charge >= 0.3 is 0 Å². The van der Waals surface area contributed by atoms with Crippen LogP contribution >= 0.6 is 11.3 Å². The Morgan fingerprint density at radius 1 is 0.487 bits per heavy atom. The zero-order chi connectivity index (χ0) is 27.8. The highest BCUT2D eigenvalue weighted by Gasteiger charge is 2.24. The third-order valence-electron chi connectivity index (χ3n) is 8.64. The van der Waals surface area contributed by atoms with Gasteiger partial charge in [-0.25, -0.2) is 9.97 Å². The molecule has 5 rings (SSSR count). The maximum absolute atomic E-state index is 5.29. The van der Waals surface area contributed by atoms with Crippen molar-refractivity contribution in [1.29, 1.82) is 0 Å². The van der Waals surface area contributed by atoms with Crippen molar-refractivity contribution in [3.8, 4) is 0 Å². The van der Waals surface area contributed by atoms with Gasteiger partial charge in [0.05, 0.1) is 22.4 Å². The smallest absolute Gasteiger partial charge is 0.122 e. The number of nitrogens with one attached hydrogen (secondary N) is 2. The van der Waals surface area contributed by atoms with E-state index in [1.165, 1.54) is 66.6 Å². The number of nitrogens with zero attached hydrogens (tertiary/aromatic N) is 2. The minimum absolute atomic E-state index is 0.979. The van der Waals surface area contributed by atoms with E-state index >= 15 is 0 Å². The highest BCUT2D eigenvalue weighted by Crippen LogP contribution is 2.42. The summed E-state index contributed by atoms with van der Waals surface area (Å²) in [5.74, 6) is 0. The highest BCUT2D eigenvalue weighted by molar-refractivity contribution is 7.13. The maximum atomic E-state index is 5.29. The van der Waals surface area contributed by atoms with Crippen LogP contribution in [0.4, 0.5) is 0 Å². The number of fused-ring (bicyclic) bond motifs is 9. The number of rotatable bonds is 8. The Hall–Kier alpha value is -2.92. The quantitative estimate of drug-likeness (QED) is 0.299. The molecule has 4 nitrogen and oxygen atoms in total. The lowest BCUT2D eigenvalue weighted by Gasteiger charge is -2.04. The molecule has 3 aromatic heterocycles. The van der Waals surface area contributed by atoms with Gasteiger partial charge in [0.15, 0.2) is 0 Å². The van der Waals surface area contributed by atoms with Crippen LogP contribution in [0.3, 0.4) is 0 Å². The second-order valence-corrected chi connectivity index (χ2v) is 11.5. The summed E-state index contributed by atoms with van der Waals surface area (Å²) in [6, 6.07) is 4.65. The van der Waals surface area contributed by atoms with E-state index in [0.717, 1.165) is 72.8 Å². The van der Waals surface area contributed by atoms with E-state index in [2.05, 4.69) is 77.5 Å². The molecule has 39 heavy (non-hydrogen) atoms. The van der Waals surface area contributed by atoms with Gasteiger partial charge in [0, 0.05) is 11.0 Å². The van der Waals surface area contributed by atoms with Gasteiger partial charge in [0.25, 0.3) is 0 Å². The molecule has 5 heterocycles. The molecule has 2 N–H and O–H groups in total. The maximum Gasteiger partial charge on any atom is 0.122 e. The number of aryl methyl sites for hydroxylation is 4. The molecule has 0 aromatic carbocycles. The highest BCUT2D eigenvalue weighted by atomic mass is 32.1. The topological polar surface area (TPSA) is 57.4 Å². The molecule has 3 aromatic rings. The van der Waals surface area contributed by atoms with E-state index in [9.17, 15) is 0 Å². The van der Waals surface area contributed by atoms with Crippen LogP contribution in [0.2, 0.25) is 0 Å². The zero-order valence-corrected chi connectivity index (χ0v) is 25.9. The lowest BCUT2D eigenvalue weighted by molar-refractivity contribution is 1.07. The van der Waals surface area contributed by atoms with Crippen LogP contribution in [0.1, 0.15) is 125 Å². The van der Waals surface area contributed by atoms with Crippen LogP contribution in [0.15, 0.2) is 12.1 Å². The summed E-state index contributed by atoms with van der Waals surface area (Å²) in [6.45, 7) is 18.2. The summed E-state index contributed by atoms with van der Waals surface area (Å²) in [7, 11) is 0. The molecule has 8 bridgehead atoms. The van der Waals surface area contributed by atoms with E-state index < -0.39 is 0 Å². The summed E-state index contributed by atoms with van der Waals surface area (Å²) in [6.07, 6.45) is 7.90. The average molecular weight is 541 g/mol. The summed E-state index contributed by atoms with van der Waals surface area (Å²) in [5.41, 5.74) is 18.3. The van der Waals surface area contributed by atoms with Crippen LogP contribution in [0, 0.1) is 0 Å². The van der Waals surface area contributed by atoms with E-state index in [1.807, 2.05) is 0 Å². The fraction of sp³-hybridized carbons (Fsp3) is 0.471. The molecule has 2 aliphatic rings. The Kier molecular flexibility index (Phi) is 8.00. The van der Waals surface area contributed by atoms with Crippen LogP contribution < -0.4 is 0 Å². The Morgan fingerprint density at radius 2 is 0.846 bits per heavy atom. The van der Waals surface area contributed by atoms with Crippen molar-refractivity contribution in [1.82, 2.24) is 19.9 Å². The monoisotopic (exact) mass is 540 g/mol. The van der Waals surface area contributed by atoms with Crippen molar-refractivity contribution in [3.05, 3.63) is 55.8 Å². The normalized spacial score (nSPS) is 13.7. The average Bonchev–Trinajstić information content (AvgIpc) is 3.67. The number of aromatic nitrogens is 4. The first-order chi connectivity index (χ1) is 19.0. The molecular formula is C34H44N4S. The largest absolute Gasteiger partial charge is 0.353 e. The molecule has 2 aliphatic heterocycles. The van der Waals surface area contributed by atoms with Crippen molar-refractivity contribution in [2.45, 2.75) is 107 Å². The van der Waals surface area contributed by atoms with Gasteiger partial charge in [0.2, 0.25) is 0 Å². The van der Waals surface area contributed by atoms with Crippen LogP contribution in [0.5, 0.6) is 0 Å². The molecule has 206 valence electrons. The number of aromatic amines is 2. The zero-order valence-electron chi connectivity index (χ0n) is 25.1. The molecule has 0 aliphatic carbocycles. The first kappa shape index (κ1) is 27.6. The summed E-state index contributed by atoms with van der Waals surface area (Å²) < 4.78 is 0. The van der Waals surface area contributed by atoms with Crippen molar-refractivity contribution < 1.29 is 0 Å². The van der Waals surface area contributed by atoms with Crippen LogP contribution in [0.25, 0.3) is 44.4 Å². The van der Waals surface area contributed by atoms with Gasteiger partial charge in [0.1, 0.15) is 10.0 Å². The minimum atomic E-state index is 0.979. The lowest BCUT2D eigenvalue weighted by atomic mass is 10.0. The molecule has 0 unspecified atom stereocenters. The van der Waals surface area contributed by atoms with E-state index in [4.69, 9.17) is 9.97 Å². The van der Waals surface area contributed by atoms with Gasteiger partial charge in [-0.2, -0.15) is 0 Å². The number of hydrogen-bond acceptors (Lipinski definition) is 3. The van der Waals surface area contributed by atoms with Gasteiger partial charge in [-0.15, -0.1) is 0 Å². The number of H-pyrrole nitrogens is 2. The Morgan fingerprint density at radius 3 is 1.15 bits per heavy atom. The van der Waals surface area contributed by atoms with Gasteiger partial charge in [-0.3, -0.25) is 0 Å². The van der Waals surface area contributed by atoms with E-state index in [1.54, 1.807) is 11.3 Å². The third kappa shape index (κ3) is 4.43. The SMILES string of the molecule is CCC1=C(CC)c2nc1cc1[nH]c(c(CC)c1CC)c1[nH]c(cc3nc(s2)C(CC)=C3CC)c(CC)c1CC. The van der Waals surface area contributed by atoms with Crippen LogP contribution in [-0.4, -0.2) is 19.9 Å². The Balaban J connectivity index is 2.06. The third-order valence-corrected chi connectivity index (χ3v) is 9.70. The Labute approximate surface area is 237 Å². The molecule has 0 radical (unpaired) electrons. The molecule has 0 saturated heterocycles. The van der Waals surface area contributed by atoms with Gasteiger partial charge in [-0.1, -0.05) is 66.7 Å². The summed E-state index contributed by atoms with van der Waals surface area (Å²) in [4.78, 5) is 18.4. The molecular weight excluding hydrogens is 496 g/mol. The second-order valence-electron chi connectivity index (χ2n) is 10.5. The van der Waals surface area contributed by atoms with Crippen LogP contribution in [-0.2, 0) is 25.7 Å². The molecule has 0 atom stereocenters. The van der Waals surface area contributed by atoms with Gasteiger partial charge < -0.3 is 9.97 Å². The minimum Gasteiger partial charge on any atom is -0.353 e. The predicted molar refractivity (Wildman–Crippen MR) is 171 cm³/mol. The molecule has 0 amide bonds. The number of allylic oxidation sites excluding steroid dienone is 4. The lowest BCUT2D eigenvalue weighted by Crippen LogP contribution is -1.89. The summed E-state index contributed by atoms with van der Waals surface area (Å²) in [5, 5.41) is 2.25. The Bertz CT molecular complexity index is 1520.